The molecule has 0 aromatic rings. The van der Waals surface area contributed by atoms with Crippen LogP contribution in [0.2, 0.25) is 0 Å². The van der Waals surface area contributed by atoms with Gasteiger partial charge in [0.1, 0.15) is 0 Å². The van der Waals surface area contributed by atoms with Gasteiger partial charge in [0, 0.05) is 6.04 Å². The molecule has 5 heteroatoms. The molecule has 96 valence electrons. The van der Waals surface area contributed by atoms with Gasteiger partial charge in [0.15, 0.2) is 0 Å². The highest BCUT2D eigenvalue weighted by Gasteiger charge is 2.37. The maximum atomic E-state index is 12.3. The summed E-state index contributed by atoms with van der Waals surface area (Å²) in [5.74, 6) is 0.399. The predicted octanol–water partition coefficient (Wildman–Crippen LogP) is 2.42. The minimum absolute atomic E-state index is 0.327. The standard InChI is InChI=1S/C11H20F3NO/c1-3-15(7-11(12,13)14)9-6-8(2)4-5-10(9)16/h8-10,16H,3-7H2,1-2H3. The molecule has 2 nitrogen and oxygen atoms in total. The summed E-state index contributed by atoms with van der Waals surface area (Å²) in [5.41, 5.74) is 0. The smallest absolute Gasteiger partial charge is 0.391 e. The van der Waals surface area contributed by atoms with E-state index >= 15 is 0 Å². The maximum absolute atomic E-state index is 12.3. The fourth-order valence-corrected chi connectivity index (χ4v) is 2.42. The molecular formula is C11H20F3NO. The molecule has 0 amide bonds. The fourth-order valence-electron chi connectivity index (χ4n) is 2.42. The van der Waals surface area contributed by atoms with E-state index in [4.69, 9.17) is 0 Å². The molecule has 3 atom stereocenters. The zero-order valence-corrected chi connectivity index (χ0v) is 9.80. The minimum Gasteiger partial charge on any atom is -0.391 e. The van der Waals surface area contributed by atoms with E-state index in [1.807, 2.05) is 6.92 Å². The summed E-state index contributed by atoms with van der Waals surface area (Å²) in [6, 6.07) is -0.338. The van der Waals surface area contributed by atoms with Crippen LogP contribution in [0.4, 0.5) is 13.2 Å². The van der Waals surface area contributed by atoms with Crippen LogP contribution in [0, 0.1) is 5.92 Å². The summed E-state index contributed by atoms with van der Waals surface area (Å²) in [4.78, 5) is 1.35. The number of aliphatic hydroxyl groups excluding tert-OH is 1. The summed E-state index contributed by atoms with van der Waals surface area (Å²) in [7, 11) is 0. The number of halogens is 3. The van der Waals surface area contributed by atoms with Crippen LogP contribution in [0.1, 0.15) is 33.1 Å². The Morgan fingerprint density at radius 1 is 1.31 bits per heavy atom. The van der Waals surface area contributed by atoms with Gasteiger partial charge in [-0.1, -0.05) is 13.8 Å². The third-order valence-electron chi connectivity index (χ3n) is 3.30. The van der Waals surface area contributed by atoms with Gasteiger partial charge in [-0.2, -0.15) is 13.2 Å². The van der Waals surface area contributed by atoms with E-state index in [2.05, 4.69) is 0 Å². The van der Waals surface area contributed by atoms with Crippen molar-refractivity contribution in [2.75, 3.05) is 13.1 Å². The molecule has 16 heavy (non-hydrogen) atoms. The van der Waals surface area contributed by atoms with Gasteiger partial charge in [-0.25, -0.2) is 0 Å². The maximum Gasteiger partial charge on any atom is 0.401 e. The molecule has 0 aliphatic heterocycles. The SMILES string of the molecule is CCN(CC(F)(F)F)C1CC(C)CCC1O. The van der Waals surface area contributed by atoms with E-state index in [0.29, 0.717) is 25.3 Å². The van der Waals surface area contributed by atoms with E-state index in [-0.39, 0.29) is 6.04 Å². The second-order valence-corrected chi connectivity index (χ2v) is 4.73. The average molecular weight is 239 g/mol. The first-order valence-corrected chi connectivity index (χ1v) is 5.82. The third-order valence-corrected chi connectivity index (χ3v) is 3.30. The fraction of sp³-hybridized carbons (Fsp3) is 1.00. The lowest BCUT2D eigenvalue weighted by Gasteiger charge is -2.39. The van der Waals surface area contributed by atoms with Crippen molar-refractivity contribution in [3.8, 4) is 0 Å². The van der Waals surface area contributed by atoms with Crippen LogP contribution < -0.4 is 0 Å². The molecule has 0 aromatic carbocycles. The Kier molecular flexibility index (Phi) is 4.62. The first kappa shape index (κ1) is 13.8. The monoisotopic (exact) mass is 239 g/mol. The summed E-state index contributed by atoms with van der Waals surface area (Å²) in [6.45, 7) is 3.14. The van der Waals surface area contributed by atoms with Gasteiger partial charge in [0.2, 0.25) is 0 Å². The van der Waals surface area contributed by atoms with Crippen molar-refractivity contribution < 1.29 is 18.3 Å². The van der Waals surface area contributed by atoms with E-state index in [1.165, 1.54) is 4.90 Å². The van der Waals surface area contributed by atoms with Crippen molar-refractivity contribution in [1.29, 1.82) is 0 Å². The Hall–Kier alpha value is -0.290. The van der Waals surface area contributed by atoms with Crippen molar-refractivity contribution >= 4 is 0 Å². The van der Waals surface area contributed by atoms with Gasteiger partial charge in [-0.15, -0.1) is 0 Å². The molecular weight excluding hydrogens is 219 g/mol. The lowest BCUT2D eigenvalue weighted by Crippen LogP contribution is -2.50. The van der Waals surface area contributed by atoms with Crippen molar-refractivity contribution in [2.24, 2.45) is 5.92 Å². The Balaban J connectivity index is 2.63. The molecule has 1 saturated carbocycles. The second-order valence-electron chi connectivity index (χ2n) is 4.73. The van der Waals surface area contributed by atoms with Crippen LogP contribution in [-0.2, 0) is 0 Å². The average Bonchev–Trinajstić information content (AvgIpc) is 2.17. The number of hydrogen-bond acceptors (Lipinski definition) is 2. The first-order valence-electron chi connectivity index (χ1n) is 5.82. The quantitative estimate of drug-likeness (QED) is 0.817. The first-order chi connectivity index (χ1) is 7.33. The highest BCUT2D eigenvalue weighted by atomic mass is 19.4. The number of nitrogens with zero attached hydrogens (tertiary/aromatic N) is 1. The summed E-state index contributed by atoms with van der Waals surface area (Å²) < 4.78 is 37.0. The summed E-state index contributed by atoms with van der Waals surface area (Å²) >= 11 is 0. The van der Waals surface area contributed by atoms with Crippen LogP contribution in [0.5, 0.6) is 0 Å². The molecule has 1 rings (SSSR count). The zero-order chi connectivity index (χ0) is 12.3. The van der Waals surface area contributed by atoms with Crippen LogP contribution in [0.15, 0.2) is 0 Å². The topological polar surface area (TPSA) is 23.5 Å². The van der Waals surface area contributed by atoms with Gasteiger partial charge < -0.3 is 5.11 Å². The number of hydrogen-bond donors (Lipinski definition) is 1. The van der Waals surface area contributed by atoms with Crippen LogP contribution >= 0.6 is 0 Å². The lowest BCUT2D eigenvalue weighted by molar-refractivity contribution is -0.158. The number of aliphatic hydroxyl groups is 1. The van der Waals surface area contributed by atoms with Gasteiger partial charge in [-0.3, -0.25) is 4.90 Å². The summed E-state index contributed by atoms with van der Waals surface area (Å²) in [5, 5.41) is 9.78. The highest BCUT2D eigenvalue weighted by Crippen LogP contribution is 2.29. The largest absolute Gasteiger partial charge is 0.401 e. The van der Waals surface area contributed by atoms with Crippen molar-refractivity contribution in [3.05, 3.63) is 0 Å². The number of rotatable bonds is 3. The van der Waals surface area contributed by atoms with Gasteiger partial charge >= 0.3 is 6.18 Å². The molecule has 1 fully saturated rings. The van der Waals surface area contributed by atoms with E-state index < -0.39 is 18.8 Å². The Labute approximate surface area is 94.4 Å². The lowest BCUT2D eigenvalue weighted by atomic mass is 9.84. The molecule has 3 unspecified atom stereocenters. The van der Waals surface area contributed by atoms with E-state index in [0.717, 1.165) is 6.42 Å². The molecule has 0 spiro atoms. The van der Waals surface area contributed by atoms with Gasteiger partial charge in [0.25, 0.3) is 0 Å². The van der Waals surface area contributed by atoms with Crippen molar-refractivity contribution in [3.63, 3.8) is 0 Å². The third kappa shape index (κ3) is 3.94. The molecule has 0 radical (unpaired) electrons. The molecule has 0 aromatic heterocycles. The van der Waals surface area contributed by atoms with E-state index in [9.17, 15) is 18.3 Å². The van der Waals surface area contributed by atoms with Crippen LogP contribution in [0.25, 0.3) is 0 Å². The number of alkyl halides is 3. The highest BCUT2D eigenvalue weighted by molar-refractivity contribution is 4.86. The van der Waals surface area contributed by atoms with Crippen molar-refractivity contribution in [2.45, 2.75) is 51.4 Å². The van der Waals surface area contributed by atoms with Crippen LogP contribution in [0.3, 0.4) is 0 Å². The molecule has 0 saturated heterocycles. The molecule has 1 N–H and O–H groups in total. The molecule has 1 aliphatic carbocycles. The Morgan fingerprint density at radius 3 is 2.44 bits per heavy atom. The Bertz CT molecular complexity index is 220. The number of likely N-dealkylation sites (N-methyl/N-ethyl adjacent to an activating group) is 1. The second kappa shape index (κ2) is 5.36. The van der Waals surface area contributed by atoms with Crippen LogP contribution in [-0.4, -0.2) is 41.4 Å². The van der Waals surface area contributed by atoms with Crippen molar-refractivity contribution in [1.82, 2.24) is 4.90 Å². The molecule has 0 heterocycles. The van der Waals surface area contributed by atoms with Gasteiger partial charge in [0.05, 0.1) is 12.6 Å². The van der Waals surface area contributed by atoms with Gasteiger partial charge in [-0.05, 0) is 31.7 Å². The predicted molar refractivity (Wildman–Crippen MR) is 56.1 cm³/mol. The normalized spacial score (nSPS) is 32.1. The summed E-state index contributed by atoms with van der Waals surface area (Å²) in [6.07, 6.45) is -2.62. The molecule has 1 aliphatic rings. The Morgan fingerprint density at radius 2 is 1.94 bits per heavy atom. The molecule has 0 bridgehead atoms. The zero-order valence-electron chi connectivity index (χ0n) is 9.80. The minimum atomic E-state index is -4.18. The van der Waals surface area contributed by atoms with E-state index in [1.54, 1.807) is 6.92 Å².